The monoisotopic (exact) mass is 440 g/mol. The van der Waals surface area contributed by atoms with Gasteiger partial charge in [-0.25, -0.2) is 0 Å². The van der Waals surface area contributed by atoms with Crippen LogP contribution >= 0.6 is 11.8 Å². The van der Waals surface area contributed by atoms with E-state index in [1.165, 1.54) is 18.7 Å². The Morgan fingerprint density at radius 1 is 1.10 bits per heavy atom. The summed E-state index contributed by atoms with van der Waals surface area (Å²) in [6.45, 7) is 2.50. The second-order valence-corrected chi connectivity index (χ2v) is 8.54. The van der Waals surface area contributed by atoms with Crippen LogP contribution in [0, 0.1) is 0 Å². The van der Waals surface area contributed by atoms with Crippen molar-refractivity contribution in [3.05, 3.63) is 71.1 Å². The standard InChI is InChI=1S/C24H28N2O4S/c1-17(27)30-22-23(19-10-12-20(29-4)13-11-19)31-16-21(18-8-6-5-7-9-18)26(24(22)28)15-14-25(2)3/h5-13,16,22-23H,14-15H2,1-4H3/t22-,23+/m1/s1. The lowest BCUT2D eigenvalue weighted by Gasteiger charge is -2.30. The zero-order valence-electron chi connectivity index (χ0n) is 18.3. The van der Waals surface area contributed by atoms with Crippen molar-refractivity contribution in [3.8, 4) is 5.75 Å². The van der Waals surface area contributed by atoms with Crippen molar-refractivity contribution in [2.75, 3.05) is 34.3 Å². The van der Waals surface area contributed by atoms with Gasteiger partial charge in [-0.1, -0.05) is 42.5 Å². The third-order valence-electron chi connectivity index (χ3n) is 4.98. The minimum Gasteiger partial charge on any atom is -0.497 e. The summed E-state index contributed by atoms with van der Waals surface area (Å²) in [5.41, 5.74) is 2.65. The number of thioether (sulfide) groups is 1. The lowest BCUT2D eigenvalue weighted by Crippen LogP contribution is -2.43. The van der Waals surface area contributed by atoms with E-state index in [9.17, 15) is 9.59 Å². The van der Waals surface area contributed by atoms with Crippen molar-refractivity contribution >= 4 is 29.3 Å². The first-order chi connectivity index (χ1) is 14.9. The summed E-state index contributed by atoms with van der Waals surface area (Å²) in [6.07, 6.45) is -0.935. The van der Waals surface area contributed by atoms with Gasteiger partial charge in [0.25, 0.3) is 5.91 Å². The van der Waals surface area contributed by atoms with E-state index in [1.54, 1.807) is 12.0 Å². The van der Waals surface area contributed by atoms with E-state index in [1.807, 2.05) is 79.0 Å². The Morgan fingerprint density at radius 2 is 1.77 bits per heavy atom. The van der Waals surface area contributed by atoms with Crippen LogP contribution < -0.4 is 4.74 Å². The molecule has 1 aliphatic heterocycles. The van der Waals surface area contributed by atoms with Gasteiger partial charge in [-0.05, 0) is 42.8 Å². The molecule has 0 saturated heterocycles. The second kappa shape index (κ2) is 10.5. The number of nitrogens with zero attached hydrogens (tertiary/aromatic N) is 2. The highest BCUT2D eigenvalue weighted by atomic mass is 32.2. The van der Waals surface area contributed by atoms with Gasteiger partial charge in [-0.2, -0.15) is 0 Å². The van der Waals surface area contributed by atoms with Gasteiger partial charge in [-0.3, -0.25) is 9.59 Å². The number of esters is 1. The molecule has 0 radical (unpaired) electrons. The van der Waals surface area contributed by atoms with Gasteiger partial charge in [0.15, 0.2) is 6.10 Å². The number of hydrogen-bond acceptors (Lipinski definition) is 6. The molecule has 0 aromatic heterocycles. The van der Waals surface area contributed by atoms with E-state index < -0.39 is 12.1 Å². The van der Waals surface area contributed by atoms with Gasteiger partial charge in [0.05, 0.1) is 18.1 Å². The Labute approximate surface area is 187 Å². The lowest BCUT2D eigenvalue weighted by atomic mass is 10.0. The predicted molar refractivity (Wildman–Crippen MR) is 124 cm³/mol. The highest BCUT2D eigenvalue weighted by Gasteiger charge is 2.39. The molecule has 164 valence electrons. The molecule has 0 N–H and O–H groups in total. The highest BCUT2D eigenvalue weighted by molar-refractivity contribution is 8.02. The van der Waals surface area contributed by atoms with Gasteiger partial charge < -0.3 is 19.3 Å². The number of carbonyl (C=O) groups is 2. The molecule has 1 aliphatic rings. The number of hydrogen-bond donors (Lipinski definition) is 0. The Balaban J connectivity index is 2.05. The Hall–Kier alpha value is -2.77. The molecule has 3 rings (SSSR count). The van der Waals surface area contributed by atoms with Crippen LogP contribution in [-0.2, 0) is 14.3 Å². The molecule has 2 aromatic carbocycles. The molecule has 1 amide bonds. The average molecular weight is 441 g/mol. The largest absolute Gasteiger partial charge is 0.497 e. The smallest absolute Gasteiger partial charge is 0.303 e. The number of likely N-dealkylation sites (N-methyl/N-ethyl adjacent to an activating group) is 1. The molecule has 0 unspecified atom stereocenters. The van der Waals surface area contributed by atoms with Crippen LogP contribution in [0.15, 0.2) is 60.0 Å². The van der Waals surface area contributed by atoms with Crippen molar-refractivity contribution < 1.29 is 19.1 Å². The normalized spacial score (nSPS) is 19.1. The Bertz CT molecular complexity index is 928. The average Bonchev–Trinajstić information content (AvgIpc) is 2.89. The van der Waals surface area contributed by atoms with Crippen LogP contribution in [0.4, 0.5) is 0 Å². The Kier molecular flexibility index (Phi) is 7.76. The summed E-state index contributed by atoms with van der Waals surface area (Å²) in [5, 5.41) is 1.63. The number of benzene rings is 2. The fourth-order valence-electron chi connectivity index (χ4n) is 3.38. The zero-order valence-corrected chi connectivity index (χ0v) is 19.1. The van der Waals surface area contributed by atoms with Crippen LogP contribution in [0.25, 0.3) is 5.70 Å². The number of methoxy groups -OCH3 is 1. The van der Waals surface area contributed by atoms with E-state index in [2.05, 4.69) is 0 Å². The SMILES string of the molecule is COc1ccc([C@@H]2SC=C(c3ccccc3)N(CCN(C)C)C(=O)[C@@H]2OC(C)=O)cc1. The van der Waals surface area contributed by atoms with Gasteiger partial charge in [0.1, 0.15) is 5.75 Å². The van der Waals surface area contributed by atoms with Crippen LogP contribution in [0.5, 0.6) is 5.75 Å². The van der Waals surface area contributed by atoms with Gasteiger partial charge >= 0.3 is 5.97 Å². The lowest BCUT2D eigenvalue weighted by molar-refractivity contribution is -0.157. The van der Waals surface area contributed by atoms with E-state index >= 15 is 0 Å². The molecular formula is C24H28N2O4S. The molecule has 1 heterocycles. The van der Waals surface area contributed by atoms with Crippen molar-refractivity contribution in [1.29, 1.82) is 0 Å². The summed E-state index contributed by atoms with van der Waals surface area (Å²) < 4.78 is 10.9. The maximum Gasteiger partial charge on any atom is 0.303 e. The minimum atomic E-state index is -0.935. The van der Waals surface area contributed by atoms with Crippen LogP contribution in [0.2, 0.25) is 0 Å². The van der Waals surface area contributed by atoms with E-state index in [0.717, 1.165) is 22.6 Å². The number of rotatable bonds is 7. The molecule has 6 nitrogen and oxygen atoms in total. The number of amides is 1. The predicted octanol–water partition coefficient (Wildman–Crippen LogP) is 3.80. The molecule has 0 spiro atoms. The van der Waals surface area contributed by atoms with Crippen molar-refractivity contribution in [2.45, 2.75) is 18.3 Å². The Morgan fingerprint density at radius 3 is 2.35 bits per heavy atom. The quantitative estimate of drug-likeness (QED) is 0.611. The molecule has 2 aromatic rings. The van der Waals surface area contributed by atoms with Gasteiger partial charge in [-0.15, -0.1) is 11.8 Å². The molecule has 0 bridgehead atoms. The molecule has 0 fully saturated rings. The molecule has 2 atom stereocenters. The maximum atomic E-state index is 13.7. The molecule has 0 saturated carbocycles. The fraction of sp³-hybridized carbons (Fsp3) is 0.333. The summed E-state index contributed by atoms with van der Waals surface area (Å²) in [4.78, 5) is 29.4. The molecule has 31 heavy (non-hydrogen) atoms. The highest BCUT2D eigenvalue weighted by Crippen LogP contribution is 2.42. The van der Waals surface area contributed by atoms with Crippen LogP contribution in [0.3, 0.4) is 0 Å². The molecular weight excluding hydrogens is 412 g/mol. The van der Waals surface area contributed by atoms with Crippen molar-refractivity contribution in [2.24, 2.45) is 0 Å². The summed E-state index contributed by atoms with van der Waals surface area (Å²) >= 11 is 1.49. The van der Waals surface area contributed by atoms with Gasteiger partial charge in [0, 0.05) is 20.0 Å². The first-order valence-corrected chi connectivity index (χ1v) is 11.0. The maximum absolute atomic E-state index is 13.7. The van der Waals surface area contributed by atoms with Crippen molar-refractivity contribution in [3.63, 3.8) is 0 Å². The molecule has 0 aliphatic carbocycles. The third kappa shape index (κ3) is 5.68. The summed E-state index contributed by atoms with van der Waals surface area (Å²) in [6, 6.07) is 17.3. The second-order valence-electron chi connectivity index (χ2n) is 7.52. The molecule has 7 heteroatoms. The fourth-order valence-corrected chi connectivity index (χ4v) is 4.54. The summed E-state index contributed by atoms with van der Waals surface area (Å²) in [5.74, 6) is 0.0250. The van der Waals surface area contributed by atoms with E-state index in [0.29, 0.717) is 13.1 Å². The number of ether oxygens (including phenoxy) is 2. The van der Waals surface area contributed by atoms with Gasteiger partial charge in [0.2, 0.25) is 0 Å². The van der Waals surface area contributed by atoms with Crippen molar-refractivity contribution in [1.82, 2.24) is 9.80 Å². The first kappa shape index (κ1) is 22.9. The first-order valence-electron chi connectivity index (χ1n) is 10.1. The topological polar surface area (TPSA) is 59.1 Å². The van der Waals surface area contributed by atoms with Crippen LogP contribution in [-0.4, -0.2) is 62.1 Å². The van der Waals surface area contributed by atoms with E-state index in [4.69, 9.17) is 9.47 Å². The zero-order chi connectivity index (χ0) is 22.4. The summed E-state index contributed by atoms with van der Waals surface area (Å²) in [7, 11) is 5.54. The number of carbonyl (C=O) groups excluding carboxylic acids is 2. The third-order valence-corrected chi connectivity index (χ3v) is 6.15. The minimum absolute atomic E-state index is 0.224. The van der Waals surface area contributed by atoms with E-state index in [-0.39, 0.29) is 11.2 Å². The van der Waals surface area contributed by atoms with Crippen LogP contribution in [0.1, 0.15) is 23.3 Å².